The number of rotatable bonds is 6. The maximum Gasteiger partial charge on any atom is 0.255 e. The van der Waals surface area contributed by atoms with Crippen LogP contribution in [0.5, 0.6) is 5.75 Å². The Labute approximate surface area is 152 Å². The predicted octanol–water partition coefficient (Wildman–Crippen LogP) is 2.24. The molecule has 0 spiro atoms. The highest BCUT2D eigenvalue weighted by Crippen LogP contribution is 2.42. The van der Waals surface area contributed by atoms with Crippen molar-refractivity contribution in [2.75, 3.05) is 7.11 Å². The molecule has 2 saturated carbocycles. The van der Waals surface area contributed by atoms with Gasteiger partial charge in [0.15, 0.2) is 0 Å². The third-order valence-electron chi connectivity index (χ3n) is 5.40. The van der Waals surface area contributed by atoms with E-state index in [2.05, 4.69) is 20.5 Å². The molecule has 1 atom stereocenters. The fourth-order valence-electron chi connectivity index (χ4n) is 3.69. The Bertz CT molecular complexity index is 809. The van der Waals surface area contributed by atoms with Gasteiger partial charge in [-0.15, -0.1) is 0 Å². The van der Waals surface area contributed by atoms with E-state index in [1.54, 1.807) is 19.5 Å². The Morgan fingerprint density at radius 2 is 2.15 bits per heavy atom. The highest BCUT2D eigenvalue weighted by Gasteiger charge is 2.38. The molecule has 3 N–H and O–H groups in total. The number of aromatic nitrogens is 3. The Hall–Kier alpha value is -2.41. The molecule has 0 aromatic carbocycles. The van der Waals surface area contributed by atoms with Gasteiger partial charge >= 0.3 is 0 Å². The lowest BCUT2D eigenvalue weighted by molar-refractivity contribution is 0.0234. The number of nitrogens with one attached hydrogen (secondary N) is 2. The predicted molar refractivity (Wildman–Crippen MR) is 95.0 cm³/mol. The number of aliphatic hydroxyl groups is 1. The molecule has 4 rings (SSSR count). The Morgan fingerprint density at radius 3 is 2.81 bits per heavy atom. The van der Waals surface area contributed by atoms with Crippen LogP contribution >= 0.6 is 0 Å². The lowest BCUT2D eigenvalue weighted by Gasteiger charge is -2.38. The van der Waals surface area contributed by atoms with E-state index in [-0.39, 0.29) is 24.0 Å². The molecular weight excluding hydrogens is 332 g/mol. The van der Waals surface area contributed by atoms with E-state index in [1.165, 1.54) is 0 Å². The van der Waals surface area contributed by atoms with Gasteiger partial charge in [0.05, 0.1) is 36.7 Å². The number of ether oxygens (including phenoxy) is 1. The van der Waals surface area contributed by atoms with E-state index < -0.39 is 0 Å². The molecule has 0 radical (unpaired) electrons. The fourth-order valence-corrected chi connectivity index (χ4v) is 3.69. The second kappa shape index (κ2) is 6.72. The third kappa shape index (κ3) is 3.19. The molecule has 2 aliphatic carbocycles. The van der Waals surface area contributed by atoms with Crippen LogP contribution in [0.4, 0.5) is 0 Å². The number of nitrogens with zero attached hydrogens (tertiary/aromatic N) is 2. The van der Waals surface area contributed by atoms with Gasteiger partial charge < -0.3 is 15.2 Å². The van der Waals surface area contributed by atoms with Crippen LogP contribution < -0.4 is 10.1 Å². The zero-order valence-electron chi connectivity index (χ0n) is 15.0. The van der Waals surface area contributed by atoms with Crippen molar-refractivity contribution < 1.29 is 14.6 Å². The first-order valence-corrected chi connectivity index (χ1v) is 9.09. The zero-order valence-corrected chi connectivity index (χ0v) is 15.0. The van der Waals surface area contributed by atoms with Crippen molar-refractivity contribution in [3.63, 3.8) is 0 Å². The minimum Gasteiger partial charge on any atom is -0.495 e. The van der Waals surface area contributed by atoms with Crippen molar-refractivity contribution in [1.29, 1.82) is 0 Å². The molecule has 2 aromatic rings. The molecule has 2 aromatic heterocycles. The number of aryl methyl sites for hydroxylation is 1. The van der Waals surface area contributed by atoms with Gasteiger partial charge in [0.1, 0.15) is 5.75 Å². The second-order valence-electron chi connectivity index (χ2n) is 7.38. The summed E-state index contributed by atoms with van der Waals surface area (Å²) < 4.78 is 5.27. The smallest absolute Gasteiger partial charge is 0.255 e. The minimum absolute atomic E-state index is 0.118. The van der Waals surface area contributed by atoms with Gasteiger partial charge in [-0.05, 0) is 50.2 Å². The van der Waals surface area contributed by atoms with Crippen LogP contribution in [0.25, 0.3) is 0 Å². The van der Waals surface area contributed by atoms with Crippen LogP contribution in [0.2, 0.25) is 0 Å². The molecule has 0 aliphatic heterocycles. The molecule has 2 fully saturated rings. The molecule has 7 nitrogen and oxygen atoms in total. The molecule has 0 saturated heterocycles. The van der Waals surface area contributed by atoms with Crippen molar-refractivity contribution in [3.05, 3.63) is 41.0 Å². The van der Waals surface area contributed by atoms with Crippen LogP contribution in [0.3, 0.4) is 0 Å². The van der Waals surface area contributed by atoms with Gasteiger partial charge in [0, 0.05) is 17.8 Å². The lowest BCUT2D eigenvalue weighted by atomic mass is 9.75. The van der Waals surface area contributed by atoms with Crippen molar-refractivity contribution in [3.8, 4) is 5.75 Å². The summed E-state index contributed by atoms with van der Waals surface area (Å²) in [5, 5.41) is 20.2. The van der Waals surface area contributed by atoms with Gasteiger partial charge in [0.25, 0.3) is 5.91 Å². The number of aromatic amines is 1. The van der Waals surface area contributed by atoms with Crippen molar-refractivity contribution in [2.24, 2.45) is 5.92 Å². The second-order valence-corrected chi connectivity index (χ2v) is 7.38. The van der Waals surface area contributed by atoms with E-state index in [4.69, 9.17) is 4.74 Å². The average molecular weight is 356 g/mol. The summed E-state index contributed by atoms with van der Waals surface area (Å²) in [6.45, 7) is 1.88. The monoisotopic (exact) mass is 356 g/mol. The van der Waals surface area contributed by atoms with E-state index in [1.807, 2.05) is 13.0 Å². The van der Waals surface area contributed by atoms with Crippen molar-refractivity contribution >= 4 is 5.91 Å². The van der Waals surface area contributed by atoms with Gasteiger partial charge in [-0.1, -0.05) is 0 Å². The van der Waals surface area contributed by atoms with Crippen LogP contribution in [0.15, 0.2) is 18.5 Å². The summed E-state index contributed by atoms with van der Waals surface area (Å²) in [6, 6.07) is 1.68. The first kappa shape index (κ1) is 17.0. The molecular formula is C19H24N4O3. The number of hydrogen-bond donors (Lipinski definition) is 3. The van der Waals surface area contributed by atoms with E-state index in [9.17, 15) is 9.90 Å². The van der Waals surface area contributed by atoms with Gasteiger partial charge in [0.2, 0.25) is 0 Å². The summed E-state index contributed by atoms with van der Waals surface area (Å²) in [4.78, 5) is 17.3. The largest absolute Gasteiger partial charge is 0.495 e. The molecule has 138 valence electrons. The minimum atomic E-state index is -0.296. The Balaban J connectivity index is 1.60. The highest BCUT2D eigenvalue weighted by molar-refractivity contribution is 5.97. The summed E-state index contributed by atoms with van der Waals surface area (Å²) in [5.41, 5.74) is 3.22. The Morgan fingerprint density at radius 1 is 1.38 bits per heavy atom. The number of hydrogen-bond acceptors (Lipinski definition) is 5. The van der Waals surface area contributed by atoms with Gasteiger partial charge in [-0.25, -0.2) is 0 Å². The van der Waals surface area contributed by atoms with Crippen LogP contribution in [-0.2, 0) is 0 Å². The highest BCUT2D eigenvalue weighted by atomic mass is 16.5. The normalized spacial score (nSPS) is 23.2. The SMILES string of the molecule is COc1cncc([C@@H](NC(=O)c2c(C3CC3)n[nH]c2C)C2CC(O)C2)c1. The summed E-state index contributed by atoms with van der Waals surface area (Å²) in [7, 11) is 1.60. The molecule has 2 heterocycles. The van der Waals surface area contributed by atoms with Gasteiger partial charge in [-0.2, -0.15) is 5.10 Å². The molecule has 0 bridgehead atoms. The fraction of sp³-hybridized carbons (Fsp3) is 0.526. The number of pyridine rings is 1. The maximum atomic E-state index is 13.1. The van der Waals surface area contributed by atoms with Crippen LogP contribution in [0, 0.1) is 12.8 Å². The summed E-state index contributed by atoms with van der Waals surface area (Å²) in [6.07, 6.45) is 6.61. The number of aliphatic hydroxyl groups excluding tert-OH is 1. The van der Waals surface area contributed by atoms with Crippen molar-refractivity contribution in [2.45, 2.75) is 50.7 Å². The molecule has 26 heavy (non-hydrogen) atoms. The van der Waals surface area contributed by atoms with E-state index in [0.29, 0.717) is 30.1 Å². The maximum absolute atomic E-state index is 13.1. The average Bonchev–Trinajstić information content (AvgIpc) is 3.39. The number of carbonyl (C=O) groups excluding carboxylic acids is 1. The van der Waals surface area contributed by atoms with Crippen molar-refractivity contribution in [1.82, 2.24) is 20.5 Å². The third-order valence-corrected chi connectivity index (χ3v) is 5.40. The van der Waals surface area contributed by atoms with E-state index >= 15 is 0 Å². The van der Waals surface area contributed by atoms with Crippen LogP contribution in [0.1, 0.15) is 65.0 Å². The molecule has 7 heteroatoms. The number of methoxy groups -OCH3 is 1. The van der Waals surface area contributed by atoms with Gasteiger partial charge in [-0.3, -0.25) is 14.9 Å². The topological polar surface area (TPSA) is 100 Å². The summed E-state index contributed by atoms with van der Waals surface area (Å²) >= 11 is 0. The molecule has 2 aliphatic rings. The summed E-state index contributed by atoms with van der Waals surface area (Å²) in [5.74, 6) is 1.11. The first-order chi connectivity index (χ1) is 12.6. The quantitative estimate of drug-likeness (QED) is 0.737. The Kier molecular flexibility index (Phi) is 4.40. The molecule has 1 amide bonds. The van der Waals surface area contributed by atoms with E-state index in [0.717, 1.165) is 29.8 Å². The van der Waals surface area contributed by atoms with Crippen LogP contribution in [-0.4, -0.2) is 39.4 Å². The number of amides is 1. The lowest BCUT2D eigenvalue weighted by Crippen LogP contribution is -2.41. The zero-order chi connectivity index (χ0) is 18.3. The first-order valence-electron chi connectivity index (χ1n) is 9.09. The number of carbonyl (C=O) groups is 1. The molecule has 0 unspecified atom stereocenters. The number of H-pyrrole nitrogens is 1. The standard InChI is InChI=1S/C19H24N4O3/c1-10-16(18(23-22-10)11-3-4-11)19(25)21-17(12-5-14(24)6-12)13-7-15(26-2)9-20-8-13/h7-9,11-12,14,17,24H,3-6H2,1-2H3,(H,21,25)(H,22,23)/t12?,14?,17-/m0/s1.